The lowest BCUT2D eigenvalue weighted by atomic mass is 10.1. The van der Waals surface area contributed by atoms with Crippen molar-refractivity contribution in [1.29, 1.82) is 0 Å². The molecule has 1 N–H and O–H groups in total. The highest BCUT2D eigenvalue weighted by molar-refractivity contribution is 5.14. The second-order valence-electron chi connectivity index (χ2n) is 8.32. The van der Waals surface area contributed by atoms with Crippen LogP contribution < -0.4 is 5.32 Å². The van der Waals surface area contributed by atoms with Crippen LogP contribution in [0.3, 0.4) is 0 Å². The van der Waals surface area contributed by atoms with E-state index >= 15 is 0 Å². The maximum absolute atomic E-state index is 6.11. The first-order valence-electron chi connectivity index (χ1n) is 10.8. The predicted molar refractivity (Wildman–Crippen MR) is 115 cm³/mol. The Hall–Kier alpha value is -2.65. The number of hydrogen-bond donors (Lipinski definition) is 1. The van der Waals surface area contributed by atoms with Gasteiger partial charge in [0, 0.05) is 25.8 Å². The summed E-state index contributed by atoms with van der Waals surface area (Å²) in [5.41, 5.74) is 3.25. The molecular formula is C23H28N6O2. The molecule has 3 aromatic rings. The molecule has 0 unspecified atom stereocenters. The van der Waals surface area contributed by atoms with Gasteiger partial charge >= 0.3 is 0 Å². The minimum absolute atomic E-state index is 0.0158. The van der Waals surface area contributed by atoms with Crippen LogP contribution in [-0.4, -0.2) is 63.4 Å². The lowest BCUT2D eigenvalue weighted by Gasteiger charge is -2.17. The van der Waals surface area contributed by atoms with E-state index in [4.69, 9.17) is 9.47 Å². The molecule has 162 valence electrons. The summed E-state index contributed by atoms with van der Waals surface area (Å²) >= 11 is 0. The quantitative estimate of drug-likeness (QED) is 0.595. The van der Waals surface area contributed by atoms with Gasteiger partial charge in [-0.15, -0.1) is 5.10 Å². The molecule has 2 aliphatic heterocycles. The van der Waals surface area contributed by atoms with Gasteiger partial charge in [0.05, 0.1) is 36.8 Å². The summed E-state index contributed by atoms with van der Waals surface area (Å²) in [5.74, 6) is 0. The van der Waals surface area contributed by atoms with Crippen molar-refractivity contribution in [2.45, 2.75) is 43.9 Å². The number of ether oxygens (including phenoxy) is 2. The Kier molecular flexibility index (Phi) is 6.04. The third-order valence-corrected chi connectivity index (χ3v) is 5.92. The average Bonchev–Trinajstić information content (AvgIpc) is 3.51. The van der Waals surface area contributed by atoms with E-state index in [1.165, 1.54) is 5.56 Å². The predicted octanol–water partition coefficient (Wildman–Crippen LogP) is 1.80. The van der Waals surface area contributed by atoms with Gasteiger partial charge in [0.1, 0.15) is 18.2 Å². The summed E-state index contributed by atoms with van der Waals surface area (Å²) in [5, 5.41) is 12.3. The first kappa shape index (κ1) is 20.3. The molecule has 1 aromatic carbocycles. The van der Waals surface area contributed by atoms with Crippen molar-refractivity contribution in [3.63, 3.8) is 0 Å². The smallest absolute Gasteiger partial charge is 0.110 e. The second-order valence-corrected chi connectivity index (χ2v) is 8.32. The van der Waals surface area contributed by atoms with Gasteiger partial charge in [0.25, 0.3) is 0 Å². The molecule has 2 aromatic heterocycles. The summed E-state index contributed by atoms with van der Waals surface area (Å²) in [7, 11) is 2.10. The molecule has 0 aliphatic carbocycles. The molecule has 4 atom stereocenters. The summed E-state index contributed by atoms with van der Waals surface area (Å²) in [6.45, 7) is 3.52. The van der Waals surface area contributed by atoms with E-state index in [1.54, 1.807) is 0 Å². The Balaban J connectivity index is 1.16. The maximum Gasteiger partial charge on any atom is 0.110 e. The molecule has 0 saturated carbocycles. The summed E-state index contributed by atoms with van der Waals surface area (Å²) < 4.78 is 14.1. The van der Waals surface area contributed by atoms with Crippen LogP contribution in [0.1, 0.15) is 23.0 Å². The van der Waals surface area contributed by atoms with Crippen LogP contribution in [0.2, 0.25) is 0 Å². The molecule has 4 heterocycles. The van der Waals surface area contributed by atoms with Crippen LogP contribution in [-0.2, 0) is 29.1 Å². The topological polar surface area (TPSA) is 77.3 Å². The van der Waals surface area contributed by atoms with Crippen molar-refractivity contribution in [3.8, 4) is 0 Å². The van der Waals surface area contributed by atoms with Crippen LogP contribution in [0.25, 0.3) is 0 Å². The van der Waals surface area contributed by atoms with Crippen molar-refractivity contribution in [2.75, 3.05) is 20.3 Å². The normalized spacial score (nSPS) is 25.2. The zero-order chi connectivity index (χ0) is 21.0. The highest BCUT2D eigenvalue weighted by Gasteiger charge is 2.48. The van der Waals surface area contributed by atoms with Crippen molar-refractivity contribution < 1.29 is 9.47 Å². The van der Waals surface area contributed by atoms with Crippen molar-refractivity contribution in [3.05, 3.63) is 77.9 Å². The maximum atomic E-state index is 6.11. The van der Waals surface area contributed by atoms with Crippen LogP contribution in [0, 0.1) is 0 Å². The Morgan fingerprint density at radius 2 is 1.84 bits per heavy atom. The van der Waals surface area contributed by atoms with Gasteiger partial charge in [-0.2, -0.15) is 0 Å². The van der Waals surface area contributed by atoms with Crippen molar-refractivity contribution >= 4 is 0 Å². The number of hydrogen-bond acceptors (Lipinski definition) is 7. The van der Waals surface area contributed by atoms with Crippen LogP contribution >= 0.6 is 0 Å². The Morgan fingerprint density at radius 1 is 1.00 bits per heavy atom. The Labute approximate surface area is 182 Å². The van der Waals surface area contributed by atoms with Gasteiger partial charge in [0.15, 0.2) is 0 Å². The Bertz CT molecular complexity index is 966. The SMILES string of the molecule is CN(Cc1ccccc1)Cc1cn([C@@H]2CO[C@@H]3[C@@H]2OC[C@@H]3NCc2ccccn2)nn1. The van der Waals surface area contributed by atoms with Crippen molar-refractivity contribution in [2.24, 2.45) is 0 Å². The molecular weight excluding hydrogens is 392 g/mol. The van der Waals surface area contributed by atoms with E-state index in [0.29, 0.717) is 19.8 Å². The number of aromatic nitrogens is 4. The number of fused-ring (bicyclic) bond motifs is 1. The molecule has 31 heavy (non-hydrogen) atoms. The van der Waals surface area contributed by atoms with E-state index in [0.717, 1.165) is 24.5 Å². The van der Waals surface area contributed by atoms with Gasteiger partial charge in [0.2, 0.25) is 0 Å². The first-order chi connectivity index (χ1) is 15.3. The molecule has 0 radical (unpaired) electrons. The molecule has 0 bridgehead atoms. The molecule has 8 nitrogen and oxygen atoms in total. The van der Waals surface area contributed by atoms with Crippen molar-refractivity contribution in [1.82, 2.24) is 30.2 Å². The second kappa shape index (κ2) is 9.23. The van der Waals surface area contributed by atoms with Crippen LogP contribution in [0.15, 0.2) is 60.9 Å². The summed E-state index contributed by atoms with van der Waals surface area (Å²) in [4.78, 5) is 6.61. The zero-order valence-corrected chi connectivity index (χ0v) is 17.7. The molecule has 5 rings (SSSR count). The fraction of sp³-hybridized carbons (Fsp3) is 0.435. The van der Waals surface area contributed by atoms with Crippen LogP contribution in [0.4, 0.5) is 0 Å². The fourth-order valence-electron chi connectivity index (χ4n) is 4.39. The molecule has 0 amide bonds. The fourth-order valence-corrected chi connectivity index (χ4v) is 4.39. The molecule has 2 aliphatic rings. The Morgan fingerprint density at radius 3 is 2.68 bits per heavy atom. The standard InChI is InChI=1S/C23H28N6O2/c1-28(12-17-7-3-2-4-8-17)13-19-14-29(27-26-19)21-16-31-22-20(15-30-23(21)22)25-11-18-9-5-6-10-24-18/h2-10,14,20-23,25H,11-13,15-16H2,1H3/t20-,21+,22-,23+/m0/s1. The minimum atomic E-state index is -0.0159. The minimum Gasteiger partial charge on any atom is -0.371 e. The number of rotatable bonds is 8. The van der Waals surface area contributed by atoms with E-state index in [1.807, 2.05) is 41.3 Å². The van der Waals surface area contributed by atoms with E-state index < -0.39 is 0 Å². The van der Waals surface area contributed by atoms with Gasteiger partial charge < -0.3 is 14.8 Å². The number of nitrogens with zero attached hydrogens (tertiary/aromatic N) is 5. The average molecular weight is 421 g/mol. The monoisotopic (exact) mass is 420 g/mol. The van der Waals surface area contributed by atoms with E-state index in [-0.39, 0.29) is 24.3 Å². The summed E-state index contributed by atoms with van der Waals surface area (Å²) in [6.07, 6.45) is 3.84. The highest BCUT2D eigenvalue weighted by atomic mass is 16.6. The van der Waals surface area contributed by atoms with Gasteiger partial charge in [-0.1, -0.05) is 41.6 Å². The highest BCUT2D eigenvalue weighted by Crippen LogP contribution is 2.34. The lowest BCUT2D eigenvalue weighted by Crippen LogP contribution is -2.40. The number of nitrogens with one attached hydrogen (secondary N) is 1. The van der Waals surface area contributed by atoms with Gasteiger partial charge in [-0.3, -0.25) is 9.88 Å². The van der Waals surface area contributed by atoms with Gasteiger partial charge in [-0.05, 0) is 24.7 Å². The molecule has 2 saturated heterocycles. The largest absolute Gasteiger partial charge is 0.371 e. The third kappa shape index (κ3) is 4.67. The first-order valence-corrected chi connectivity index (χ1v) is 10.8. The molecule has 8 heteroatoms. The number of benzene rings is 1. The molecule has 2 fully saturated rings. The lowest BCUT2D eigenvalue weighted by molar-refractivity contribution is 0.0619. The van der Waals surface area contributed by atoms with Crippen LogP contribution in [0.5, 0.6) is 0 Å². The third-order valence-electron chi connectivity index (χ3n) is 5.92. The zero-order valence-electron chi connectivity index (χ0n) is 17.7. The summed E-state index contributed by atoms with van der Waals surface area (Å²) in [6, 6.07) is 16.6. The van der Waals surface area contributed by atoms with Gasteiger partial charge in [-0.25, -0.2) is 4.68 Å². The number of pyridine rings is 1. The molecule has 0 spiro atoms. The van der Waals surface area contributed by atoms with E-state index in [2.05, 4.69) is 56.8 Å². The van der Waals surface area contributed by atoms with E-state index in [9.17, 15) is 0 Å².